The summed E-state index contributed by atoms with van der Waals surface area (Å²) in [5, 5.41) is 1.20. The van der Waals surface area contributed by atoms with Crippen molar-refractivity contribution in [3.05, 3.63) is 76.1 Å². The molecule has 0 spiro atoms. The summed E-state index contributed by atoms with van der Waals surface area (Å²) in [5.41, 5.74) is 0.571. The van der Waals surface area contributed by atoms with E-state index < -0.39 is 10.0 Å². The minimum absolute atomic E-state index is 0.0413. The summed E-state index contributed by atoms with van der Waals surface area (Å²) < 4.78 is 27.6. The molecule has 1 aliphatic rings. The number of carbonyl (C=O) groups excluding carboxylic acids is 1. The van der Waals surface area contributed by atoms with Crippen LogP contribution in [0, 0.1) is 0 Å². The number of sulfonamides is 1. The number of carbonyl (C=O) groups is 1. The van der Waals surface area contributed by atoms with Gasteiger partial charge in [0, 0.05) is 43.9 Å². The molecule has 0 unspecified atom stereocenters. The zero-order valence-corrected chi connectivity index (χ0v) is 15.6. The van der Waals surface area contributed by atoms with Crippen LogP contribution in [-0.2, 0) is 21.4 Å². The average molecular weight is 387 g/mol. The maximum atomic E-state index is 12.5. The molecule has 3 rings (SSSR count). The lowest BCUT2D eigenvalue weighted by Gasteiger charge is -2.33. The third kappa shape index (κ3) is 4.93. The molecule has 0 saturated carbocycles. The van der Waals surface area contributed by atoms with E-state index >= 15 is 0 Å². The van der Waals surface area contributed by atoms with Crippen LogP contribution in [0.25, 0.3) is 6.08 Å². The zero-order valence-electron chi connectivity index (χ0n) is 14.8. The van der Waals surface area contributed by atoms with Crippen molar-refractivity contribution in [3.8, 4) is 0 Å². The van der Waals surface area contributed by atoms with E-state index in [1.807, 2.05) is 30.3 Å². The smallest absolute Gasteiger partial charge is 0.250 e. The van der Waals surface area contributed by atoms with Gasteiger partial charge in [0.05, 0.1) is 0 Å². The Labute approximate surface area is 158 Å². The van der Waals surface area contributed by atoms with Gasteiger partial charge >= 0.3 is 0 Å². The van der Waals surface area contributed by atoms with Crippen molar-refractivity contribution in [1.82, 2.24) is 13.8 Å². The SMILES string of the molecule is O=C(Cn1ccccc1=O)N1CCN(S(=O)(=O)/C=C/c2ccccc2)CC1. The van der Waals surface area contributed by atoms with E-state index in [1.165, 1.54) is 20.3 Å². The van der Waals surface area contributed by atoms with Crippen molar-refractivity contribution in [3.63, 3.8) is 0 Å². The van der Waals surface area contributed by atoms with Crippen LogP contribution in [0.4, 0.5) is 0 Å². The number of hydrogen-bond donors (Lipinski definition) is 0. The lowest BCUT2D eigenvalue weighted by atomic mass is 10.2. The molecule has 0 atom stereocenters. The number of aromatic nitrogens is 1. The van der Waals surface area contributed by atoms with Gasteiger partial charge in [-0.1, -0.05) is 36.4 Å². The molecule has 0 aliphatic carbocycles. The third-order valence-electron chi connectivity index (χ3n) is 4.39. The van der Waals surface area contributed by atoms with E-state index in [9.17, 15) is 18.0 Å². The van der Waals surface area contributed by atoms with Gasteiger partial charge in [-0.05, 0) is 17.7 Å². The van der Waals surface area contributed by atoms with Crippen LogP contribution >= 0.6 is 0 Å². The number of piperazine rings is 1. The van der Waals surface area contributed by atoms with E-state index in [0.717, 1.165) is 5.56 Å². The first kappa shape index (κ1) is 19.1. The van der Waals surface area contributed by atoms with Crippen molar-refractivity contribution in [2.45, 2.75) is 6.54 Å². The van der Waals surface area contributed by atoms with Gasteiger partial charge in [-0.2, -0.15) is 4.31 Å². The minimum atomic E-state index is -3.54. The lowest BCUT2D eigenvalue weighted by Crippen LogP contribution is -2.51. The van der Waals surface area contributed by atoms with Crippen molar-refractivity contribution >= 4 is 22.0 Å². The second-order valence-corrected chi connectivity index (χ2v) is 8.02. The van der Waals surface area contributed by atoms with E-state index in [-0.39, 0.29) is 31.1 Å². The second-order valence-electron chi connectivity index (χ2n) is 6.20. The molecular formula is C19H21N3O4S. The Bertz CT molecular complexity index is 975. The average Bonchev–Trinajstić information content (AvgIpc) is 2.69. The number of pyridine rings is 1. The van der Waals surface area contributed by atoms with Gasteiger partial charge in [0.25, 0.3) is 5.56 Å². The van der Waals surface area contributed by atoms with Gasteiger partial charge in [-0.25, -0.2) is 8.42 Å². The van der Waals surface area contributed by atoms with Gasteiger partial charge in [0.1, 0.15) is 6.54 Å². The van der Waals surface area contributed by atoms with Crippen LogP contribution in [0.3, 0.4) is 0 Å². The van der Waals surface area contributed by atoms with Crippen molar-refractivity contribution in [2.24, 2.45) is 0 Å². The van der Waals surface area contributed by atoms with E-state index in [1.54, 1.807) is 29.3 Å². The molecule has 1 aromatic heterocycles. The molecule has 2 heterocycles. The molecule has 2 aromatic rings. The Hall–Kier alpha value is -2.71. The molecule has 27 heavy (non-hydrogen) atoms. The third-order valence-corrected chi connectivity index (χ3v) is 5.95. The zero-order chi connectivity index (χ0) is 19.3. The Morgan fingerprint density at radius 1 is 0.963 bits per heavy atom. The molecule has 0 bridgehead atoms. The molecule has 1 saturated heterocycles. The van der Waals surface area contributed by atoms with Crippen molar-refractivity contribution < 1.29 is 13.2 Å². The normalized spacial score (nSPS) is 15.9. The molecule has 142 valence electrons. The molecule has 1 aliphatic heterocycles. The fourth-order valence-electron chi connectivity index (χ4n) is 2.84. The van der Waals surface area contributed by atoms with Crippen LogP contribution in [0.2, 0.25) is 0 Å². The summed E-state index contributed by atoms with van der Waals surface area (Å²) in [5.74, 6) is -0.194. The summed E-state index contributed by atoms with van der Waals surface area (Å²) in [6.07, 6.45) is 3.13. The number of hydrogen-bond acceptors (Lipinski definition) is 4. The van der Waals surface area contributed by atoms with E-state index in [0.29, 0.717) is 13.1 Å². The first-order valence-corrected chi connectivity index (χ1v) is 10.1. The number of amides is 1. The van der Waals surface area contributed by atoms with Crippen LogP contribution < -0.4 is 5.56 Å². The molecule has 1 fully saturated rings. The Kier molecular flexibility index (Phi) is 5.88. The fourth-order valence-corrected chi connectivity index (χ4v) is 4.02. The highest BCUT2D eigenvalue weighted by atomic mass is 32.2. The number of nitrogens with zero attached hydrogens (tertiary/aromatic N) is 3. The molecular weight excluding hydrogens is 366 g/mol. The van der Waals surface area contributed by atoms with Gasteiger partial charge in [0.2, 0.25) is 15.9 Å². The summed E-state index contributed by atoms with van der Waals surface area (Å²) in [4.78, 5) is 25.7. The monoisotopic (exact) mass is 387 g/mol. The van der Waals surface area contributed by atoms with Crippen molar-refractivity contribution in [1.29, 1.82) is 0 Å². The predicted molar refractivity (Wildman–Crippen MR) is 103 cm³/mol. The maximum Gasteiger partial charge on any atom is 0.250 e. The summed E-state index contributed by atoms with van der Waals surface area (Å²) >= 11 is 0. The van der Waals surface area contributed by atoms with Crippen LogP contribution in [-0.4, -0.2) is 54.3 Å². The van der Waals surface area contributed by atoms with Crippen LogP contribution in [0.15, 0.2) is 64.9 Å². The van der Waals surface area contributed by atoms with Gasteiger partial charge < -0.3 is 9.47 Å². The second kappa shape index (κ2) is 8.32. The minimum Gasteiger partial charge on any atom is -0.339 e. The lowest BCUT2D eigenvalue weighted by molar-refractivity contribution is -0.133. The molecule has 1 amide bonds. The quantitative estimate of drug-likeness (QED) is 0.767. The predicted octanol–water partition coefficient (Wildman–Crippen LogP) is 0.993. The highest BCUT2D eigenvalue weighted by molar-refractivity contribution is 7.92. The summed E-state index contributed by atoms with van der Waals surface area (Å²) in [7, 11) is -3.54. The van der Waals surface area contributed by atoms with E-state index in [4.69, 9.17) is 0 Å². The summed E-state index contributed by atoms with van der Waals surface area (Å²) in [6, 6.07) is 13.9. The van der Waals surface area contributed by atoms with Gasteiger partial charge in [0.15, 0.2) is 0 Å². The van der Waals surface area contributed by atoms with Crippen molar-refractivity contribution in [2.75, 3.05) is 26.2 Å². The van der Waals surface area contributed by atoms with Crippen LogP contribution in [0.1, 0.15) is 5.56 Å². The van der Waals surface area contributed by atoms with E-state index in [2.05, 4.69) is 0 Å². The largest absolute Gasteiger partial charge is 0.339 e. The first-order valence-electron chi connectivity index (χ1n) is 8.62. The highest BCUT2D eigenvalue weighted by Crippen LogP contribution is 2.12. The molecule has 8 heteroatoms. The maximum absolute atomic E-state index is 12.5. The van der Waals surface area contributed by atoms with Gasteiger partial charge in [-0.3, -0.25) is 9.59 Å². The van der Waals surface area contributed by atoms with Gasteiger partial charge in [-0.15, -0.1) is 0 Å². The molecule has 0 N–H and O–H groups in total. The Balaban J connectivity index is 1.58. The fraction of sp³-hybridized carbons (Fsp3) is 0.263. The number of rotatable bonds is 5. The van der Waals surface area contributed by atoms with Crippen LogP contribution in [0.5, 0.6) is 0 Å². The number of benzene rings is 1. The molecule has 0 radical (unpaired) electrons. The molecule has 7 nitrogen and oxygen atoms in total. The Morgan fingerprint density at radius 2 is 1.63 bits per heavy atom. The topological polar surface area (TPSA) is 79.7 Å². The Morgan fingerprint density at radius 3 is 2.30 bits per heavy atom. The standard InChI is InChI=1S/C19H21N3O4S/c23-18-8-4-5-10-21(18)16-19(24)20-11-13-22(14-12-20)27(25,26)15-9-17-6-2-1-3-7-17/h1-10,15H,11-14,16H2/b15-9+. The molecule has 1 aromatic carbocycles. The highest BCUT2D eigenvalue weighted by Gasteiger charge is 2.27. The first-order chi connectivity index (χ1) is 13.0. The summed E-state index contributed by atoms with van der Waals surface area (Å²) in [6.45, 7) is 1.03.